The highest BCUT2D eigenvalue weighted by Gasteiger charge is 2.51. The summed E-state index contributed by atoms with van der Waals surface area (Å²) < 4.78 is 36.3. The first-order valence-corrected chi connectivity index (χ1v) is 17.3. The van der Waals surface area contributed by atoms with Gasteiger partial charge in [-0.25, -0.2) is 14.0 Å². The van der Waals surface area contributed by atoms with Crippen LogP contribution in [0.25, 0.3) is 11.0 Å². The van der Waals surface area contributed by atoms with E-state index in [2.05, 4.69) is 5.32 Å². The van der Waals surface area contributed by atoms with Crippen molar-refractivity contribution >= 4 is 34.8 Å². The van der Waals surface area contributed by atoms with E-state index in [-0.39, 0.29) is 24.2 Å². The third-order valence-electron chi connectivity index (χ3n) is 9.70. The van der Waals surface area contributed by atoms with Gasteiger partial charge in [0.2, 0.25) is 17.6 Å². The number of amides is 3. The zero-order valence-electron chi connectivity index (χ0n) is 29.2. The van der Waals surface area contributed by atoms with Crippen LogP contribution in [-0.2, 0) is 23.8 Å². The van der Waals surface area contributed by atoms with Gasteiger partial charge in [0.25, 0.3) is 0 Å². The van der Waals surface area contributed by atoms with Crippen molar-refractivity contribution in [3.63, 3.8) is 0 Å². The smallest absolute Gasteiger partial charge is 0.407 e. The second-order valence-electron chi connectivity index (χ2n) is 14.2. The minimum absolute atomic E-state index is 0.0222. The summed E-state index contributed by atoms with van der Waals surface area (Å²) in [5.41, 5.74) is 7.16. The normalized spacial score (nSPS) is 23.0. The van der Waals surface area contributed by atoms with Gasteiger partial charge < -0.3 is 34.6 Å². The number of alkyl carbamates (subject to hydrolysis) is 1. The van der Waals surface area contributed by atoms with Crippen LogP contribution in [0.15, 0.2) is 59.0 Å². The van der Waals surface area contributed by atoms with Crippen LogP contribution in [0.5, 0.6) is 0 Å². The van der Waals surface area contributed by atoms with Crippen LogP contribution in [0.2, 0.25) is 0 Å². The van der Waals surface area contributed by atoms with Crippen molar-refractivity contribution in [2.24, 2.45) is 17.6 Å². The number of fused-ring (bicyclic) bond motifs is 1. The number of carbonyl (C=O) groups excluding carboxylic acids is 4. The summed E-state index contributed by atoms with van der Waals surface area (Å²) in [7, 11) is 1.57. The van der Waals surface area contributed by atoms with Crippen molar-refractivity contribution in [3.05, 3.63) is 71.5 Å². The number of benzene rings is 2. The van der Waals surface area contributed by atoms with E-state index in [1.807, 2.05) is 42.5 Å². The van der Waals surface area contributed by atoms with Crippen LogP contribution in [0, 0.1) is 11.8 Å². The molecule has 5 rings (SSSR count). The zero-order chi connectivity index (χ0) is 36.0. The van der Waals surface area contributed by atoms with Gasteiger partial charge in [0, 0.05) is 42.9 Å². The molecule has 3 aromatic rings. The number of hydrogen-bond acceptors (Lipinski definition) is 8. The standard InChI is InChI=1S/C38H48FN3O8/c1-38(2,3)50-37(46)41-28(22-39)24-15-17-25(18-16-24)35(44)42-29(21-27(32(42)34(40)43)23-11-6-5-7-12-23)31-26-13-8-9-14-30(26)49-33(31)36(45)48-20-10-19-47-4/h5-9,11-14,24-25,27-29,32H,10,15-22H2,1-4H3,(H2,40,43)(H,41,46)/t24-,25-,27-,28-,29?,32+/m1/s1. The van der Waals surface area contributed by atoms with Crippen LogP contribution in [0.3, 0.4) is 0 Å². The van der Waals surface area contributed by atoms with Gasteiger partial charge in [-0.3, -0.25) is 9.59 Å². The number of primary amides is 1. The number of methoxy groups -OCH3 is 1. The first kappa shape index (κ1) is 36.8. The number of para-hydroxylation sites is 1. The Bertz CT molecular complexity index is 1650. The molecule has 50 heavy (non-hydrogen) atoms. The molecule has 2 aliphatic rings. The number of carbonyl (C=O) groups is 4. The van der Waals surface area contributed by atoms with E-state index in [1.54, 1.807) is 44.9 Å². The van der Waals surface area contributed by atoms with Crippen molar-refractivity contribution in [1.82, 2.24) is 10.2 Å². The molecule has 3 amide bonds. The summed E-state index contributed by atoms with van der Waals surface area (Å²) in [6, 6.07) is 14.1. The Morgan fingerprint density at radius 3 is 2.32 bits per heavy atom. The number of nitrogens with zero attached hydrogens (tertiary/aromatic N) is 1. The lowest BCUT2D eigenvalue weighted by atomic mass is 9.78. The Labute approximate surface area is 292 Å². The van der Waals surface area contributed by atoms with Crippen LogP contribution >= 0.6 is 0 Å². The van der Waals surface area contributed by atoms with E-state index >= 15 is 0 Å². The van der Waals surface area contributed by atoms with Gasteiger partial charge >= 0.3 is 12.1 Å². The molecule has 0 radical (unpaired) electrons. The third kappa shape index (κ3) is 8.29. The van der Waals surface area contributed by atoms with Crippen molar-refractivity contribution in [2.75, 3.05) is 27.0 Å². The molecule has 1 saturated heterocycles. The molecular weight excluding hydrogens is 645 g/mol. The summed E-state index contributed by atoms with van der Waals surface area (Å²) in [5, 5.41) is 3.30. The van der Waals surface area contributed by atoms with Gasteiger partial charge in [0.15, 0.2) is 0 Å². The fraction of sp³-hybridized carbons (Fsp3) is 0.526. The molecule has 1 aromatic heterocycles. The lowest BCUT2D eigenvalue weighted by Crippen LogP contribution is -2.50. The van der Waals surface area contributed by atoms with Gasteiger partial charge in [-0.2, -0.15) is 0 Å². The highest BCUT2D eigenvalue weighted by Crippen LogP contribution is 2.50. The zero-order valence-corrected chi connectivity index (χ0v) is 29.2. The minimum Gasteiger partial charge on any atom is -0.460 e. The fourth-order valence-electron chi connectivity index (χ4n) is 7.47. The van der Waals surface area contributed by atoms with Gasteiger partial charge in [-0.15, -0.1) is 0 Å². The summed E-state index contributed by atoms with van der Waals surface area (Å²) in [6.07, 6.45) is 1.92. The molecule has 2 aromatic carbocycles. The minimum atomic E-state index is -1.00. The molecular formula is C38H48FN3O8. The number of furan rings is 1. The highest BCUT2D eigenvalue weighted by molar-refractivity contribution is 5.98. The summed E-state index contributed by atoms with van der Waals surface area (Å²) in [5.74, 6) is -2.76. The number of nitrogens with two attached hydrogens (primary N) is 1. The summed E-state index contributed by atoms with van der Waals surface area (Å²) in [4.78, 5) is 55.7. The van der Waals surface area contributed by atoms with Crippen LogP contribution in [0.4, 0.5) is 9.18 Å². The van der Waals surface area contributed by atoms with Gasteiger partial charge in [-0.1, -0.05) is 48.5 Å². The SMILES string of the molecule is COCCCOC(=O)c1oc2ccccc2c1C1C[C@H](c2ccccc2)[C@@H](C(N)=O)N1C(=O)[C@H]1CC[C@H]([C@@H](CF)NC(=O)OC(C)(C)C)CC1. The predicted molar refractivity (Wildman–Crippen MR) is 184 cm³/mol. The number of esters is 1. The second kappa shape index (κ2) is 16.1. The van der Waals surface area contributed by atoms with Crippen molar-refractivity contribution < 1.29 is 42.2 Å². The molecule has 1 unspecified atom stereocenters. The third-order valence-corrected chi connectivity index (χ3v) is 9.70. The second-order valence-corrected chi connectivity index (χ2v) is 14.2. The van der Waals surface area contributed by atoms with E-state index in [9.17, 15) is 23.6 Å². The van der Waals surface area contributed by atoms with E-state index in [1.165, 1.54) is 0 Å². The molecule has 1 aliphatic carbocycles. The number of nitrogens with one attached hydrogen (secondary N) is 1. The molecule has 0 spiro atoms. The van der Waals surface area contributed by atoms with E-state index in [0.717, 1.165) is 5.56 Å². The number of likely N-dealkylation sites (tertiary alicyclic amines) is 1. The van der Waals surface area contributed by atoms with Crippen molar-refractivity contribution in [2.45, 2.75) is 88.9 Å². The average Bonchev–Trinajstić information content (AvgIpc) is 3.68. The van der Waals surface area contributed by atoms with Gasteiger partial charge in [-0.05, 0) is 70.4 Å². The number of hydrogen-bond donors (Lipinski definition) is 2. The Morgan fingerprint density at radius 1 is 1.00 bits per heavy atom. The molecule has 1 aliphatic heterocycles. The topological polar surface area (TPSA) is 150 Å². The van der Waals surface area contributed by atoms with E-state index in [0.29, 0.717) is 61.7 Å². The van der Waals surface area contributed by atoms with Crippen LogP contribution < -0.4 is 11.1 Å². The molecule has 0 bridgehead atoms. The Balaban J connectivity index is 1.47. The summed E-state index contributed by atoms with van der Waals surface area (Å²) in [6.45, 7) is 4.97. The molecule has 11 nitrogen and oxygen atoms in total. The number of halogens is 1. The summed E-state index contributed by atoms with van der Waals surface area (Å²) >= 11 is 0. The maximum Gasteiger partial charge on any atom is 0.407 e. The lowest BCUT2D eigenvalue weighted by molar-refractivity contribution is -0.144. The maximum atomic E-state index is 14.7. The molecule has 12 heteroatoms. The Hall–Kier alpha value is -4.45. The number of ether oxygens (including phenoxy) is 3. The first-order valence-electron chi connectivity index (χ1n) is 17.3. The van der Waals surface area contributed by atoms with Crippen molar-refractivity contribution in [3.8, 4) is 0 Å². The molecule has 2 fully saturated rings. The fourth-order valence-corrected chi connectivity index (χ4v) is 7.47. The number of alkyl halides is 1. The Morgan fingerprint density at radius 2 is 1.68 bits per heavy atom. The van der Waals surface area contributed by atoms with E-state index < -0.39 is 60.2 Å². The molecule has 2 heterocycles. The van der Waals surface area contributed by atoms with Crippen LogP contribution in [0.1, 0.15) is 92.9 Å². The first-order chi connectivity index (χ1) is 23.9. The quantitative estimate of drug-likeness (QED) is 0.168. The lowest BCUT2D eigenvalue weighted by Gasteiger charge is -2.37. The maximum absolute atomic E-state index is 14.7. The van der Waals surface area contributed by atoms with Crippen molar-refractivity contribution in [1.29, 1.82) is 0 Å². The van der Waals surface area contributed by atoms with Gasteiger partial charge in [0.1, 0.15) is 23.9 Å². The largest absolute Gasteiger partial charge is 0.460 e. The van der Waals surface area contributed by atoms with Crippen LogP contribution in [-0.4, -0.2) is 73.5 Å². The van der Waals surface area contributed by atoms with Gasteiger partial charge in [0.05, 0.1) is 18.7 Å². The predicted octanol–water partition coefficient (Wildman–Crippen LogP) is 6.21. The molecule has 3 N–H and O–H groups in total. The molecule has 1 saturated carbocycles. The number of rotatable bonds is 12. The highest BCUT2D eigenvalue weighted by atomic mass is 19.1. The van der Waals surface area contributed by atoms with E-state index in [4.69, 9.17) is 24.4 Å². The molecule has 270 valence electrons. The Kier molecular flexibility index (Phi) is 11.8. The monoisotopic (exact) mass is 693 g/mol. The average molecular weight is 694 g/mol. The molecule has 4 atom stereocenters.